The van der Waals surface area contributed by atoms with Gasteiger partial charge < -0.3 is 14.8 Å². The fraction of sp³-hybridized carbons (Fsp3) is 0.167. The van der Waals surface area contributed by atoms with Crippen molar-refractivity contribution in [3.05, 3.63) is 35.6 Å². The summed E-state index contributed by atoms with van der Waals surface area (Å²) in [4.78, 5) is 11.9. The highest BCUT2D eigenvalue weighted by atomic mass is 35.5. The number of methoxy groups -OCH3 is 2. The molecule has 19 heavy (non-hydrogen) atoms. The van der Waals surface area contributed by atoms with Crippen molar-refractivity contribution in [2.45, 2.75) is 0 Å². The van der Waals surface area contributed by atoms with Crippen molar-refractivity contribution >= 4 is 23.3 Å². The third kappa shape index (κ3) is 2.79. The average Bonchev–Trinajstić information content (AvgIpc) is 2.93. The molecule has 2 rings (SSSR count). The fourth-order valence-corrected chi connectivity index (χ4v) is 1.76. The van der Waals surface area contributed by atoms with Crippen LogP contribution in [-0.4, -0.2) is 30.0 Å². The van der Waals surface area contributed by atoms with Crippen LogP contribution in [0.1, 0.15) is 0 Å². The van der Waals surface area contributed by atoms with Crippen LogP contribution in [0, 0.1) is 0 Å². The lowest BCUT2D eigenvalue weighted by Crippen LogP contribution is -2.20. The van der Waals surface area contributed by atoms with Crippen molar-refractivity contribution in [1.82, 2.24) is 9.78 Å². The minimum atomic E-state index is -0.412. The number of ether oxygens (including phenoxy) is 2. The molecule has 0 aliphatic rings. The minimum absolute atomic E-state index is 0.374. The van der Waals surface area contributed by atoms with E-state index in [1.54, 1.807) is 18.2 Å². The molecule has 0 saturated carbocycles. The third-order valence-electron chi connectivity index (χ3n) is 2.43. The van der Waals surface area contributed by atoms with Gasteiger partial charge in [0.1, 0.15) is 11.5 Å². The van der Waals surface area contributed by atoms with E-state index >= 15 is 0 Å². The van der Waals surface area contributed by atoms with E-state index in [1.807, 2.05) is 0 Å². The Morgan fingerprint density at radius 1 is 1.32 bits per heavy atom. The molecular formula is C12H12ClN3O3. The van der Waals surface area contributed by atoms with Crippen LogP contribution in [-0.2, 0) is 0 Å². The first-order valence-electron chi connectivity index (χ1n) is 5.38. The second kappa shape index (κ2) is 5.62. The summed E-state index contributed by atoms with van der Waals surface area (Å²) in [7, 11) is 2.99. The molecule has 1 heterocycles. The minimum Gasteiger partial charge on any atom is -0.495 e. The van der Waals surface area contributed by atoms with Crippen LogP contribution in [0.4, 0.5) is 10.5 Å². The Morgan fingerprint density at radius 3 is 2.63 bits per heavy atom. The molecule has 0 radical (unpaired) electrons. The van der Waals surface area contributed by atoms with Crippen LogP contribution in [0.25, 0.3) is 0 Å². The van der Waals surface area contributed by atoms with Crippen molar-refractivity contribution in [3.63, 3.8) is 0 Å². The van der Waals surface area contributed by atoms with Gasteiger partial charge in [0.15, 0.2) is 0 Å². The number of carbonyl (C=O) groups is 1. The van der Waals surface area contributed by atoms with E-state index < -0.39 is 6.03 Å². The summed E-state index contributed by atoms with van der Waals surface area (Å²) in [6, 6.07) is 4.39. The summed E-state index contributed by atoms with van der Waals surface area (Å²) in [5.41, 5.74) is 0.439. The van der Waals surface area contributed by atoms with Gasteiger partial charge in [0, 0.05) is 18.5 Å². The maximum atomic E-state index is 11.9. The second-order valence-corrected chi connectivity index (χ2v) is 3.98. The molecule has 0 aliphatic carbocycles. The first kappa shape index (κ1) is 13.2. The normalized spacial score (nSPS) is 10.1. The zero-order valence-electron chi connectivity index (χ0n) is 10.4. The van der Waals surface area contributed by atoms with E-state index in [9.17, 15) is 4.79 Å². The van der Waals surface area contributed by atoms with E-state index in [1.165, 1.54) is 26.6 Å². The number of hydrogen-bond acceptors (Lipinski definition) is 4. The summed E-state index contributed by atoms with van der Waals surface area (Å²) in [5, 5.41) is 6.86. The van der Waals surface area contributed by atoms with Gasteiger partial charge in [0.25, 0.3) is 0 Å². The molecule has 0 aliphatic heterocycles. The van der Waals surface area contributed by atoms with Crippen molar-refractivity contribution in [2.75, 3.05) is 19.5 Å². The molecule has 0 saturated heterocycles. The first-order chi connectivity index (χ1) is 9.15. The Labute approximate surface area is 114 Å². The van der Waals surface area contributed by atoms with E-state index in [-0.39, 0.29) is 0 Å². The maximum absolute atomic E-state index is 11.9. The van der Waals surface area contributed by atoms with Gasteiger partial charge in [0.05, 0.1) is 24.9 Å². The number of anilines is 1. The monoisotopic (exact) mass is 281 g/mol. The Hall–Kier alpha value is -2.21. The number of halogens is 1. The molecule has 0 spiro atoms. The number of benzene rings is 1. The highest BCUT2D eigenvalue weighted by molar-refractivity contribution is 6.32. The molecule has 0 atom stereocenters. The summed E-state index contributed by atoms with van der Waals surface area (Å²) in [6.45, 7) is 0. The summed E-state index contributed by atoms with van der Waals surface area (Å²) in [6.07, 6.45) is 3.05. The molecule has 1 amide bonds. The van der Waals surface area contributed by atoms with Crippen LogP contribution < -0.4 is 14.8 Å². The third-order valence-corrected chi connectivity index (χ3v) is 2.72. The van der Waals surface area contributed by atoms with Crippen LogP contribution >= 0.6 is 11.6 Å². The van der Waals surface area contributed by atoms with Crippen molar-refractivity contribution < 1.29 is 14.3 Å². The molecule has 100 valence electrons. The molecule has 1 N–H and O–H groups in total. The van der Waals surface area contributed by atoms with E-state index in [2.05, 4.69) is 10.4 Å². The maximum Gasteiger partial charge on any atom is 0.346 e. The van der Waals surface area contributed by atoms with Crippen molar-refractivity contribution in [1.29, 1.82) is 0 Å². The zero-order valence-corrected chi connectivity index (χ0v) is 11.1. The number of aromatic nitrogens is 2. The van der Waals surface area contributed by atoms with E-state index in [0.717, 1.165) is 4.68 Å². The average molecular weight is 282 g/mol. The Bertz CT molecular complexity index is 584. The van der Waals surface area contributed by atoms with E-state index in [4.69, 9.17) is 21.1 Å². The first-order valence-corrected chi connectivity index (χ1v) is 5.76. The highest BCUT2D eigenvalue weighted by Crippen LogP contribution is 2.35. The van der Waals surface area contributed by atoms with E-state index in [0.29, 0.717) is 22.2 Å². The molecule has 0 bridgehead atoms. The van der Waals surface area contributed by atoms with Gasteiger partial charge in [-0.2, -0.15) is 9.78 Å². The standard InChI is InChI=1S/C12H12ClN3O3/c1-18-10-7-11(19-2)9(6-8(10)13)15-12(17)16-5-3-4-14-16/h3-7H,1-2H3,(H,15,17). The molecule has 0 unspecified atom stereocenters. The Morgan fingerprint density at radius 2 is 2.05 bits per heavy atom. The van der Waals surface area contributed by atoms with Crippen LogP contribution in [0.5, 0.6) is 11.5 Å². The number of amides is 1. The summed E-state index contributed by atoms with van der Waals surface area (Å²) < 4.78 is 11.4. The fourth-order valence-electron chi connectivity index (χ4n) is 1.52. The second-order valence-electron chi connectivity index (χ2n) is 3.57. The van der Waals surface area contributed by atoms with Gasteiger partial charge >= 0.3 is 6.03 Å². The molecule has 1 aromatic heterocycles. The van der Waals surface area contributed by atoms with Gasteiger partial charge in [-0.05, 0) is 12.1 Å². The predicted molar refractivity (Wildman–Crippen MR) is 71.2 cm³/mol. The van der Waals surface area contributed by atoms with Crippen LogP contribution in [0.3, 0.4) is 0 Å². The highest BCUT2D eigenvalue weighted by Gasteiger charge is 2.13. The number of carbonyl (C=O) groups excluding carboxylic acids is 1. The zero-order chi connectivity index (χ0) is 13.8. The topological polar surface area (TPSA) is 65.4 Å². The number of nitrogens with zero attached hydrogens (tertiary/aromatic N) is 2. The number of hydrogen-bond donors (Lipinski definition) is 1. The van der Waals surface area contributed by atoms with Gasteiger partial charge in [-0.25, -0.2) is 4.79 Å². The Kier molecular flexibility index (Phi) is 3.91. The number of nitrogens with one attached hydrogen (secondary N) is 1. The molecular weight excluding hydrogens is 270 g/mol. The van der Waals surface area contributed by atoms with Crippen molar-refractivity contribution in [2.24, 2.45) is 0 Å². The van der Waals surface area contributed by atoms with Crippen LogP contribution in [0.15, 0.2) is 30.6 Å². The van der Waals surface area contributed by atoms with Gasteiger partial charge in [-0.1, -0.05) is 11.6 Å². The summed E-state index contributed by atoms with van der Waals surface area (Å²) in [5.74, 6) is 0.914. The SMILES string of the molecule is COc1cc(OC)c(NC(=O)n2cccn2)cc1Cl. The largest absolute Gasteiger partial charge is 0.495 e. The predicted octanol–water partition coefficient (Wildman–Crippen LogP) is 2.63. The molecule has 2 aromatic rings. The lowest BCUT2D eigenvalue weighted by molar-refractivity contribution is 0.250. The Balaban J connectivity index is 2.29. The molecule has 6 nitrogen and oxygen atoms in total. The molecule has 0 fully saturated rings. The smallest absolute Gasteiger partial charge is 0.346 e. The van der Waals surface area contributed by atoms with Crippen molar-refractivity contribution in [3.8, 4) is 11.5 Å². The van der Waals surface area contributed by atoms with Gasteiger partial charge in [-0.3, -0.25) is 0 Å². The quantitative estimate of drug-likeness (QED) is 0.939. The summed E-state index contributed by atoms with van der Waals surface area (Å²) >= 11 is 6.01. The lowest BCUT2D eigenvalue weighted by atomic mass is 10.2. The van der Waals surface area contributed by atoms with Crippen LogP contribution in [0.2, 0.25) is 5.02 Å². The molecule has 7 heteroatoms. The number of rotatable bonds is 3. The van der Waals surface area contributed by atoms with Gasteiger partial charge in [-0.15, -0.1) is 0 Å². The van der Waals surface area contributed by atoms with Gasteiger partial charge in [0.2, 0.25) is 0 Å². The lowest BCUT2D eigenvalue weighted by Gasteiger charge is -2.12. The molecule has 1 aromatic carbocycles.